The number of Topliss-reactive ketones (excluding diaryl/α,β-unsaturated/α-hetero) is 1. The van der Waals surface area contributed by atoms with Crippen LogP contribution in [-0.4, -0.2) is 24.8 Å². The first kappa shape index (κ1) is 10.1. The van der Waals surface area contributed by atoms with Gasteiger partial charge in [0.05, 0.1) is 13.2 Å². The number of carbonyl (C=O) groups excluding carboxylic acids is 1. The molecule has 1 atom stereocenters. The number of carbonyl (C=O) groups is 1. The van der Waals surface area contributed by atoms with Gasteiger partial charge >= 0.3 is 0 Å². The summed E-state index contributed by atoms with van der Waals surface area (Å²) >= 11 is 0. The molecule has 1 aliphatic heterocycles. The molecule has 0 bridgehead atoms. The minimum absolute atomic E-state index is 0.127. The van der Waals surface area contributed by atoms with Gasteiger partial charge in [-0.25, -0.2) is 0 Å². The summed E-state index contributed by atoms with van der Waals surface area (Å²) in [4.78, 5) is 11.7. The Morgan fingerprint density at radius 1 is 1.36 bits per heavy atom. The molecule has 14 heavy (non-hydrogen) atoms. The van der Waals surface area contributed by atoms with E-state index >= 15 is 0 Å². The van der Waals surface area contributed by atoms with E-state index in [9.17, 15) is 4.79 Å². The Morgan fingerprint density at radius 2 is 2.00 bits per heavy atom. The first-order valence-corrected chi connectivity index (χ1v) is 5.44. The molecule has 1 saturated carbocycles. The van der Waals surface area contributed by atoms with E-state index in [1.54, 1.807) is 0 Å². The van der Waals surface area contributed by atoms with Gasteiger partial charge in [0.2, 0.25) is 0 Å². The van der Waals surface area contributed by atoms with Crippen LogP contribution < -0.4 is 0 Å². The van der Waals surface area contributed by atoms with Gasteiger partial charge in [0, 0.05) is 25.2 Å². The number of ketones is 1. The van der Waals surface area contributed by atoms with E-state index in [-0.39, 0.29) is 5.92 Å². The van der Waals surface area contributed by atoms with Crippen molar-refractivity contribution in [3.8, 4) is 0 Å². The third-order valence-electron chi connectivity index (χ3n) is 3.32. The highest BCUT2D eigenvalue weighted by Gasteiger charge is 2.45. The van der Waals surface area contributed by atoms with Gasteiger partial charge in [0.25, 0.3) is 0 Å². The minimum atomic E-state index is -0.414. The van der Waals surface area contributed by atoms with E-state index in [0.29, 0.717) is 31.3 Å². The molecule has 0 aromatic rings. The third-order valence-corrected chi connectivity index (χ3v) is 3.32. The van der Waals surface area contributed by atoms with Crippen LogP contribution in [0.3, 0.4) is 0 Å². The zero-order chi connectivity index (χ0) is 10.2. The summed E-state index contributed by atoms with van der Waals surface area (Å²) < 4.78 is 11.3. The largest absolute Gasteiger partial charge is 0.347 e. The lowest BCUT2D eigenvalue weighted by atomic mass is 9.77. The Hall–Kier alpha value is -0.410. The van der Waals surface area contributed by atoms with Gasteiger partial charge in [-0.3, -0.25) is 4.79 Å². The Bertz CT molecular complexity index is 229. The first-order chi connectivity index (χ1) is 6.63. The summed E-state index contributed by atoms with van der Waals surface area (Å²) in [6.07, 6.45) is 2.11. The molecular weight excluding hydrogens is 180 g/mol. The molecule has 2 rings (SSSR count). The summed E-state index contributed by atoms with van der Waals surface area (Å²) in [7, 11) is 0. The van der Waals surface area contributed by atoms with E-state index < -0.39 is 5.79 Å². The number of rotatable bonds is 1. The number of ether oxygens (including phenoxy) is 2. The normalized spacial score (nSPS) is 31.6. The number of hydrogen-bond donors (Lipinski definition) is 0. The van der Waals surface area contributed by atoms with Crippen molar-refractivity contribution >= 4 is 5.78 Å². The highest BCUT2D eigenvalue weighted by molar-refractivity contribution is 5.82. The minimum Gasteiger partial charge on any atom is -0.347 e. The molecule has 1 aliphatic carbocycles. The second-order valence-electron chi connectivity index (χ2n) is 4.63. The fourth-order valence-corrected chi connectivity index (χ4v) is 2.42. The fraction of sp³-hybridized carbons (Fsp3) is 0.909. The van der Waals surface area contributed by atoms with E-state index in [1.807, 2.05) is 0 Å². The van der Waals surface area contributed by atoms with Gasteiger partial charge in [-0.2, -0.15) is 0 Å². The molecule has 1 saturated heterocycles. The molecule has 3 nitrogen and oxygen atoms in total. The van der Waals surface area contributed by atoms with Crippen LogP contribution in [0.1, 0.15) is 33.1 Å². The summed E-state index contributed by atoms with van der Waals surface area (Å²) in [5.41, 5.74) is 0. The van der Waals surface area contributed by atoms with Crippen molar-refractivity contribution in [2.24, 2.45) is 11.8 Å². The monoisotopic (exact) mass is 198 g/mol. The molecule has 0 aromatic heterocycles. The van der Waals surface area contributed by atoms with Gasteiger partial charge < -0.3 is 9.47 Å². The maximum atomic E-state index is 11.7. The summed E-state index contributed by atoms with van der Waals surface area (Å²) in [6, 6.07) is 0. The van der Waals surface area contributed by atoms with Crippen LogP contribution in [0.4, 0.5) is 0 Å². The SMILES string of the molecule is CC(C)C1CC2(CCC1=O)OCCO2. The lowest BCUT2D eigenvalue weighted by Gasteiger charge is -2.36. The standard InChI is InChI=1S/C11H18O3/c1-8(2)9-7-11(4-3-10(9)12)13-5-6-14-11/h8-9H,3-7H2,1-2H3. The van der Waals surface area contributed by atoms with Crippen molar-refractivity contribution in [2.75, 3.05) is 13.2 Å². The fourth-order valence-electron chi connectivity index (χ4n) is 2.42. The quantitative estimate of drug-likeness (QED) is 0.644. The molecule has 0 aromatic carbocycles. The lowest BCUT2D eigenvalue weighted by Crippen LogP contribution is -2.42. The molecule has 0 N–H and O–H groups in total. The molecular formula is C11H18O3. The molecule has 3 heteroatoms. The van der Waals surface area contributed by atoms with Gasteiger partial charge in [0.1, 0.15) is 5.78 Å². The predicted octanol–water partition coefficient (Wildman–Crippen LogP) is 1.75. The maximum absolute atomic E-state index is 11.7. The van der Waals surface area contributed by atoms with E-state index in [4.69, 9.17) is 9.47 Å². The van der Waals surface area contributed by atoms with Crippen LogP contribution in [-0.2, 0) is 14.3 Å². The average Bonchev–Trinajstić information content (AvgIpc) is 2.58. The molecule has 2 aliphatic rings. The predicted molar refractivity (Wildman–Crippen MR) is 51.8 cm³/mol. The maximum Gasteiger partial charge on any atom is 0.169 e. The van der Waals surface area contributed by atoms with Crippen molar-refractivity contribution in [3.05, 3.63) is 0 Å². The number of hydrogen-bond acceptors (Lipinski definition) is 3. The van der Waals surface area contributed by atoms with Crippen molar-refractivity contribution < 1.29 is 14.3 Å². The molecule has 2 fully saturated rings. The lowest BCUT2D eigenvalue weighted by molar-refractivity contribution is -0.191. The summed E-state index contributed by atoms with van der Waals surface area (Å²) in [5.74, 6) is 0.488. The van der Waals surface area contributed by atoms with Gasteiger partial charge in [-0.05, 0) is 5.92 Å². The summed E-state index contributed by atoms with van der Waals surface area (Å²) in [5, 5.41) is 0. The molecule has 80 valence electrons. The Balaban J connectivity index is 2.08. The Kier molecular flexibility index (Phi) is 2.62. The smallest absolute Gasteiger partial charge is 0.169 e. The van der Waals surface area contributed by atoms with Crippen LogP contribution in [0.5, 0.6) is 0 Å². The molecule has 1 heterocycles. The van der Waals surface area contributed by atoms with Crippen molar-refractivity contribution in [2.45, 2.75) is 38.9 Å². The van der Waals surface area contributed by atoms with E-state index in [1.165, 1.54) is 0 Å². The van der Waals surface area contributed by atoms with Crippen LogP contribution >= 0.6 is 0 Å². The Morgan fingerprint density at radius 3 is 2.57 bits per heavy atom. The van der Waals surface area contributed by atoms with Gasteiger partial charge in [0.15, 0.2) is 5.79 Å². The van der Waals surface area contributed by atoms with Crippen LogP contribution in [0.2, 0.25) is 0 Å². The van der Waals surface area contributed by atoms with Crippen LogP contribution in [0.15, 0.2) is 0 Å². The second-order valence-corrected chi connectivity index (χ2v) is 4.63. The highest BCUT2D eigenvalue weighted by atomic mass is 16.7. The second kappa shape index (κ2) is 3.63. The highest BCUT2D eigenvalue weighted by Crippen LogP contribution is 2.39. The van der Waals surface area contributed by atoms with Gasteiger partial charge in [-0.15, -0.1) is 0 Å². The van der Waals surface area contributed by atoms with Gasteiger partial charge in [-0.1, -0.05) is 13.8 Å². The van der Waals surface area contributed by atoms with Crippen LogP contribution in [0, 0.1) is 11.8 Å². The van der Waals surface area contributed by atoms with Crippen molar-refractivity contribution in [3.63, 3.8) is 0 Å². The molecule has 1 unspecified atom stereocenters. The average molecular weight is 198 g/mol. The summed E-state index contributed by atoms with van der Waals surface area (Å²) in [6.45, 7) is 5.55. The molecule has 1 spiro atoms. The Labute approximate surface area is 84.8 Å². The molecule has 0 amide bonds. The van der Waals surface area contributed by atoms with Crippen molar-refractivity contribution in [1.29, 1.82) is 0 Å². The van der Waals surface area contributed by atoms with Crippen LogP contribution in [0.25, 0.3) is 0 Å². The molecule has 0 radical (unpaired) electrons. The van der Waals surface area contributed by atoms with E-state index in [2.05, 4.69) is 13.8 Å². The first-order valence-electron chi connectivity index (χ1n) is 5.44. The van der Waals surface area contributed by atoms with Crippen molar-refractivity contribution in [1.82, 2.24) is 0 Å². The third kappa shape index (κ3) is 1.71. The van der Waals surface area contributed by atoms with E-state index in [0.717, 1.165) is 12.8 Å². The zero-order valence-corrected chi connectivity index (χ0v) is 8.91. The zero-order valence-electron chi connectivity index (χ0n) is 8.91. The topological polar surface area (TPSA) is 35.5 Å².